The Morgan fingerprint density at radius 3 is 2.38 bits per heavy atom. The van der Waals surface area contributed by atoms with E-state index in [-0.39, 0.29) is 0 Å². The number of benzene rings is 2. The summed E-state index contributed by atoms with van der Waals surface area (Å²) in [5.74, 6) is 0.671. The van der Waals surface area contributed by atoms with Gasteiger partial charge >= 0.3 is 0 Å². The highest BCUT2D eigenvalue weighted by molar-refractivity contribution is 9.10. The van der Waals surface area contributed by atoms with E-state index in [1.54, 1.807) is 0 Å². The minimum Gasteiger partial charge on any atom is -0.381 e. The molecule has 2 aromatic carbocycles. The Kier molecular flexibility index (Phi) is 4.20. The van der Waals surface area contributed by atoms with Crippen molar-refractivity contribution in [2.24, 2.45) is 0 Å². The van der Waals surface area contributed by atoms with Crippen molar-refractivity contribution in [2.75, 3.05) is 24.3 Å². The summed E-state index contributed by atoms with van der Waals surface area (Å²) in [7, 11) is 4.18. The first-order valence-electron chi connectivity index (χ1n) is 7.42. The summed E-state index contributed by atoms with van der Waals surface area (Å²) >= 11 is 3.66. The van der Waals surface area contributed by atoms with Crippen molar-refractivity contribution in [2.45, 2.75) is 24.8 Å². The Bertz CT molecular complexity index is 618. The van der Waals surface area contributed by atoms with Crippen molar-refractivity contribution in [1.29, 1.82) is 0 Å². The van der Waals surface area contributed by atoms with Crippen LogP contribution in [0.5, 0.6) is 0 Å². The van der Waals surface area contributed by atoms with Crippen LogP contribution in [0.2, 0.25) is 0 Å². The molecule has 1 N–H and O–H groups in total. The van der Waals surface area contributed by atoms with E-state index in [4.69, 9.17) is 0 Å². The van der Waals surface area contributed by atoms with Crippen LogP contribution in [0.25, 0.3) is 0 Å². The van der Waals surface area contributed by atoms with Gasteiger partial charge in [0, 0.05) is 24.6 Å². The van der Waals surface area contributed by atoms with Crippen LogP contribution < -0.4 is 10.2 Å². The zero-order valence-electron chi connectivity index (χ0n) is 12.5. The maximum Gasteiger partial charge on any atom is 0.0596 e. The molecule has 1 saturated carbocycles. The molecule has 1 aliphatic rings. The Balaban J connectivity index is 1.64. The lowest BCUT2D eigenvalue weighted by molar-refractivity contribution is 0.373. The van der Waals surface area contributed by atoms with Crippen LogP contribution in [0, 0.1) is 0 Å². The summed E-state index contributed by atoms with van der Waals surface area (Å²) in [6.07, 6.45) is 2.40. The van der Waals surface area contributed by atoms with Crippen molar-refractivity contribution in [3.05, 3.63) is 58.6 Å². The van der Waals surface area contributed by atoms with E-state index in [2.05, 4.69) is 88.8 Å². The quantitative estimate of drug-likeness (QED) is 0.850. The second-order valence-corrected chi connectivity index (χ2v) is 6.80. The van der Waals surface area contributed by atoms with E-state index in [0.29, 0.717) is 12.0 Å². The second kappa shape index (κ2) is 6.10. The van der Waals surface area contributed by atoms with Crippen LogP contribution in [0.4, 0.5) is 11.4 Å². The molecule has 1 aliphatic carbocycles. The fourth-order valence-electron chi connectivity index (χ4n) is 3.00. The monoisotopic (exact) mass is 344 g/mol. The second-order valence-electron chi connectivity index (χ2n) is 5.94. The number of nitrogens with one attached hydrogen (secondary N) is 1. The molecule has 3 rings (SSSR count). The van der Waals surface area contributed by atoms with E-state index < -0.39 is 0 Å². The summed E-state index contributed by atoms with van der Waals surface area (Å²) in [6.45, 7) is 0. The number of halogens is 1. The van der Waals surface area contributed by atoms with Crippen molar-refractivity contribution < 1.29 is 0 Å². The van der Waals surface area contributed by atoms with Crippen molar-refractivity contribution in [3.8, 4) is 0 Å². The molecule has 0 bridgehead atoms. The van der Waals surface area contributed by atoms with Gasteiger partial charge in [0.2, 0.25) is 0 Å². The van der Waals surface area contributed by atoms with Gasteiger partial charge < -0.3 is 10.2 Å². The minimum absolute atomic E-state index is 0.572. The number of rotatable bonds is 4. The molecule has 110 valence electrons. The Morgan fingerprint density at radius 1 is 1.00 bits per heavy atom. The van der Waals surface area contributed by atoms with Crippen molar-refractivity contribution in [1.82, 2.24) is 0 Å². The molecular weight excluding hydrogens is 324 g/mol. The molecule has 0 unspecified atom stereocenters. The minimum atomic E-state index is 0.572. The zero-order valence-corrected chi connectivity index (χ0v) is 14.1. The van der Waals surface area contributed by atoms with Crippen LogP contribution in [-0.2, 0) is 0 Å². The summed E-state index contributed by atoms with van der Waals surface area (Å²) < 4.78 is 1.24. The topological polar surface area (TPSA) is 15.3 Å². The van der Waals surface area contributed by atoms with Crippen LogP contribution >= 0.6 is 15.9 Å². The summed E-state index contributed by atoms with van der Waals surface area (Å²) in [5, 5.41) is 3.69. The highest BCUT2D eigenvalue weighted by Crippen LogP contribution is 2.42. The summed E-state index contributed by atoms with van der Waals surface area (Å²) in [4.78, 5) is 2.16. The highest BCUT2D eigenvalue weighted by atomic mass is 79.9. The number of nitrogens with zero attached hydrogens (tertiary/aromatic N) is 1. The maximum atomic E-state index is 3.69. The smallest absolute Gasteiger partial charge is 0.0596 e. The average molecular weight is 345 g/mol. The van der Waals surface area contributed by atoms with Crippen molar-refractivity contribution >= 4 is 27.3 Å². The first-order valence-corrected chi connectivity index (χ1v) is 8.22. The largest absolute Gasteiger partial charge is 0.381 e. The molecule has 0 amide bonds. The first kappa shape index (κ1) is 14.5. The van der Waals surface area contributed by atoms with Gasteiger partial charge in [0.15, 0.2) is 0 Å². The molecule has 0 aliphatic heterocycles. The van der Waals surface area contributed by atoms with Gasteiger partial charge in [0.1, 0.15) is 0 Å². The van der Waals surface area contributed by atoms with E-state index in [9.17, 15) is 0 Å². The van der Waals surface area contributed by atoms with Gasteiger partial charge in [-0.2, -0.15) is 0 Å². The van der Waals surface area contributed by atoms with Crippen LogP contribution in [0.15, 0.2) is 53.0 Å². The summed E-state index contributed by atoms with van der Waals surface area (Å²) in [5.41, 5.74) is 3.93. The van der Waals surface area contributed by atoms with Crippen molar-refractivity contribution in [3.63, 3.8) is 0 Å². The third kappa shape index (κ3) is 3.08. The average Bonchev–Trinajstić information content (AvgIpc) is 2.44. The van der Waals surface area contributed by atoms with Crippen LogP contribution in [-0.4, -0.2) is 20.1 Å². The fourth-order valence-corrected chi connectivity index (χ4v) is 3.61. The molecular formula is C18H21BrN2. The standard InChI is InChI=1S/C18H21BrN2/c1-21(2)18-10-6-5-9-17(18)20-14-11-13(12-14)15-7-3-4-8-16(15)19/h3-10,13-14,20H,11-12H2,1-2H3. The Morgan fingerprint density at radius 2 is 1.67 bits per heavy atom. The van der Waals surface area contributed by atoms with Gasteiger partial charge in [-0.1, -0.05) is 46.3 Å². The van der Waals surface area contributed by atoms with E-state index in [0.717, 1.165) is 0 Å². The molecule has 0 atom stereocenters. The molecule has 1 fully saturated rings. The molecule has 0 aromatic heterocycles. The number of hydrogen-bond acceptors (Lipinski definition) is 2. The van der Waals surface area contributed by atoms with Gasteiger partial charge in [0.05, 0.1) is 11.4 Å². The number of para-hydroxylation sites is 2. The molecule has 3 heteroatoms. The molecule has 2 nitrogen and oxygen atoms in total. The van der Waals surface area contributed by atoms with E-state index in [1.807, 2.05) is 0 Å². The van der Waals surface area contributed by atoms with Gasteiger partial charge in [-0.25, -0.2) is 0 Å². The SMILES string of the molecule is CN(C)c1ccccc1NC1CC(c2ccccc2Br)C1. The summed E-state index contributed by atoms with van der Waals surface area (Å²) in [6, 6.07) is 17.7. The predicted octanol–water partition coefficient (Wildman–Crippen LogP) is 4.87. The molecule has 0 radical (unpaired) electrons. The van der Waals surface area contributed by atoms with E-state index >= 15 is 0 Å². The third-order valence-electron chi connectivity index (χ3n) is 4.23. The zero-order chi connectivity index (χ0) is 14.8. The van der Waals surface area contributed by atoms with Crippen LogP contribution in [0.1, 0.15) is 24.3 Å². The molecule has 21 heavy (non-hydrogen) atoms. The molecule has 2 aromatic rings. The lowest BCUT2D eigenvalue weighted by Crippen LogP contribution is -2.34. The molecule has 0 saturated heterocycles. The van der Waals surface area contributed by atoms with Gasteiger partial charge in [0.25, 0.3) is 0 Å². The van der Waals surface area contributed by atoms with Gasteiger partial charge in [-0.05, 0) is 42.5 Å². The van der Waals surface area contributed by atoms with E-state index in [1.165, 1.54) is 34.3 Å². The normalized spacial score (nSPS) is 20.7. The highest BCUT2D eigenvalue weighted by Gasteiger charge is 2.31. The number of hydrogen-bond donors (Lipinski definition) is 1. The number of anilines is 2. The Labute approximate surface area is 135 Å². The Hall–Kier alpha value is -1.48. The first-order chi connectivity index (χ1) is 10.1. The lowest BCUT2D eigenvalue weighted by atomic mass is 9.76. The van der Waals surface area contributed by atoms with Gasteiger partial charge in [-0.15, -0.1) is 0 Å². The third-order valence-corrected chi connectivity index (χ3v) is 4.95. The van der Waals surface area contributed by atoms with Crippen LogP contribution in [0.3, 0.4) is 0 Å². The molecule has 0 spiro atoms. The maximum absolute atomic E-state index is 3.69. The van der Waals surface area contributed by atoms with Gasteiger partial charge in [-0.3, -0.25) is 0 Å². The lowest BCUT2D eigenvalue weighted by Gasteiger charge is -2.38. The predicted molar refractivity (Wildman–Crippen MR) is 94.3 cm³/mol. The molecule has 0 heterocycles. The fraction of sp³-hybridized carbons (Fsp3) is 0.333.